The van der Waals surface area contributed by atoms with E-state index in [-0.39, 0.29) is 27.0 Å². The lowest BCUT2D eigenvalue weighted by Crippen LogP contribution is -2.02. The summed E-state index contributed by atoms with van der Waals surface area (Å²) in [5, 5.41) is 9.19. The second-order valence-corrected chi connectivity index (χ2v) is 6.69. The van der Waals surface area contributed by atoms with Crippen molar-refractivity contribution in [1.82, 2.24) is 0 Å². The van der Waals surface area contributed by atoms with Crippen LogP contribution in [0.25, 0.3) is 0 Å². The molecule has 0 aromatic heterocycles. The van der Waals surface area contributed by atoms with Gasteiger partial charge in [0.05, 0.1) is 9.92 Å². The summed E-state index contributed by atoms with van der Waals surface area (Å²) in [5.74, 6) is -0.974. The highest BCUT2D eigenvalue weighted by Gasteiger charge is 2.16. The molecule has 0 fully saturated rings. The van der Waals surface area contributed by atoms with E-state index in [1.165, 1.54) is 36.4 Å². The van der Waals surface area contributed by atoms with Crippen molar-refractivity contribution in [2.75, 3.05) is 6.26 Å². The molecule has 1 N–H and O–H groups in total. The summed E-state index contributed by atoms with van der Waals surface area (Å²) >= 11 is 5.84. The minimum Gasteiger partial charge on any atom is -0.478 e. The van der Waals surface area contributed by atoms with Crippen LogP contribution in [0.1, 0.15) is 10.4 Å². The van der Waals surface area contributed by atoms with Gasteiger partial charge in [0.15, 0.2) is 9.84 Å². The van der Waals surface area contributed by atoms with E-state index in [0.29, 0.717) is 0 Å². The van der Waals surface area contributed by atoms with Crippen molar-refractivity contribution < 1.29 is 23.1 Å². The van der Waals surface area contributed by atoms with E-state index in [9.17, 15) is 13.2 Å². The highest BCUT2D eigenvalue weighted by Crippen LogP contribution is 2.31. The summed E-state index contributed by atoms with van der Waals surface area (Å²) < 4.78 is 28.4. The fraction of sp³-hybridized carbons (Fsp3) is 0.0714. The molecule has 0 amide bonds. The fourth-order valence-corrected chi connectivity index (χ4v) is 2.59. The lowest BCUT2D eigenvalue weighted by molar-refractivity contribution is 0.0694. The molecule has 0 atom stereocenters. The third-order valence-corrected chi connectivity index (χ3v) is 4.08. The minimum atomic E-state index is -3.37. The number of hydrogen-bond donors (Lipinski definition) is 1. The predicted octanol–water partition coefficient (Wildman–Crippen LogP) is 3.23. The molecule has 0 aliphatic rings. The van der Waals surface area contributed by atoms with E-state index < -0.39 is 15.8 Å². The van der Waals surface area contributed by atoms with E-state index in [4.69, 9.17) is 21.4 Å². The number of rotatable bonds is 4. The Morgan fingerprint density at radius 2 is 1.86 bits per heavy atom. The van der Waals surface area contributed by atoms with Gasteiger partial charge in [-0.25, -0.2) is 13.2 Å². The number of carboxylic acid groups (broad SMARTS) is 1. The van der Waals surface area contributed by atoms with Gasteiger partial charge in [0, 0.05) is 6.26 Å². The van der Waals surface area contributed by atoms with Gasteiger partial charge in [0.2, 0.25) is 0 Å². The van der Waals surface area contributed by atoms with Crippen LogP contribution in [0.5, 0.6) is 11.5 Å². The fourth-order valence-electron chi connectivity index (χ4n) is 1.69. The molecule has 0 heterocycles. The molecule has 110 valence electrons. The van der Waals surface area contributed by atoms with Crippen molar-refractivity contribution in [2.24, 2.45) is 0 Å². The maximum atomic E-state index is 11.5. The Bertz CT molecular complexity index is 799. The number of carboxylic acids is 1. The molecule has 0 saturated heterocycles. The highest BCUT2D eigenvalue weighted by atomic mass is 35.5. The SMILES string of the molecule is CS(=O)(=O)c1cccc(Oc2cccc(Cl)c2C(=O)O)c1. The van der Waals surface area contributed by atoms with Crippen LogP contribution in [0.4, 0.5) is 0 Å². The highest BCUT2D eigenvalue weighted by molar-refractivity contribution is 7.90. The number of benzene rings is 2. The maximum Gasteiger partial charge on any atom is 0.341 e. The second kappa shape index (κ2) is 5.75. The Kier molecular flexibility index (Phi) is 4.20. The molecule has 2 aromatic carbocycles. The number of sulfone groups is 1. The van der Waals surface area contributed by atoms with Crippen LogP contribution < -0.4 is 4.74 Å². The van der Waals surface area contributed by atoms with Gasteiger partial charge in [-0.1, -0.05) is 23.7 Å². The van der Waals surface area contributed by atoms with Crippen LogP contribution in [-0.2, 0) is 9.84 Å². The molecule has 0 unspecified atom stereocenters. The normalized spacial score (nSPS) is 11.1. The molecule has 0 aliphatic heterocycles. The summed E-state index contributed by atoms with van der Waals surface area (Å²) in [6, 6.07) is 10.2. The third-order valence-electron chi connectivity index (χ3n) is 2.65. The zero-order valence-electron chi connectivity index (χ0n) is 10.9. The topological polar surface area (TPSA) is 80.7 Å². The van der Waals surface area contributed by atoms with Crippen LogP contribution >= 0.6 is 11.6 Å². The molecular formula is C14H11ClO5S. The lowest BCUT2D eigenvalue weighted by Gasteiger charge is -2.10. The van der Waals surface area contributed by atoms with Crippen LogP contribution in [-0.4, -0.2) is 25.7 Å². The van der Waals surface area contributed by atoms with E-state index in [0.717, 1.165) is 6.26 Å². The van der Waals surface area contributed by atoms with Crippen molar-refractivity contribution in [3.05, 3.63) is 53.1 Å². The van der Waals surface area contributed by atoms with Gasteiger partial charge in [-0.15, -0.1) is 0 Å². The predicted molar refractivity (Wildman–Crippen MR) is 78.0 cm³/mol. The molecule has 2 aromatic rings. The summed E-state index contributed by atoms with van der Waals surface area (Å²) in [5.41, 5.74) is -0.177. The van der Waals surface area contributed by atoms with Crippen LogP contribution in [0, 0.1) is 0 Å². The van der Waals surface area contributed by atoms with Gasteiger partial charge in [-0.2, -0.15) is 0 Å². The maximum absolute atomic E-state index is 11.5. The van der Waals surface area contributed by atoms with Crippen molar-refractivity contribution in [1.29, 1.82) is 0 Å². The van der Waals surface area contributed by atoms with E-state index in [2.05, 4.69) is 0 Å². The number of ether oxygens (including phenoxy) is 1. The molecule has 0 bridgehead atoms. The number of carbonyl (C=O) groups is 1. The Hall–Kier alpha value is -2.05. The van der Waals surface area contributed by atoms with Gasteiger partial charge in [0.25, 0.3) is 0 Å². The second-order valence-electron chi connectivity index (χ2n) is 4.27. The first kappa shape index (κ1) is 15.3. The first-order chi connectivity index (χ1) is 9.79. The summed E-state index contributed by atoms with van der Waals surface area (Å²) in [4.78, 5) is 11.3. The number of aromatic carboxylic acids is 1. The molecule has 7 heteroatoms. The largest absolute Gasteiger partial charge is 0.478 e. The molecule has 5 nitrogen and oxygen atoms in total. The zero-order valence-corrected chi connectivity index (χ0v) is 12.5. The summed E-state index contributed by atoms with van der Waals surface area (Å²) in [6.07, 6.45) is 1.08. The molecule has 21 heavy (non-hydrogen) atoms. The van der Waals surface area contributed by atoms with Gasteiger partial charge < -0.3 is 9.84 Å². The van der Waals surface area contributed by atoms with Crippen LogP contribution in [0.15, 0.2) is 47.4 Å². The number of hydrogen-bond acceptors (Lipinski definition) is 4. The molecule has 0 saturated carbocycles. The van der Waals surface area contributed by atoms with Crippen molar-refractivity contribution >= 4 is 27.4 Å². The first-order valence-corrected chi connectivity index (χ1v) is 8.06. The quantitative estimate of drug-likeness (QED) is 0.932. The minimum absolute atomic E-state index is 0.0410. The smallest absolute Gasteiger partial charge is 0.341 e. The molecule has 0 aliphatic carbocycles. The monoisotopic (exact) mass is 326 g/mol. The van der Waals surface area contributed by atoms with Gasteiger partial charge in [-0.05, 0) is 30.3 Å². The Morgan fingerprint density at radius 3 is 2.48 bits per heavy atom. The molecular weight excluding hydrogens is 316 g/mol. The average molecular weight is 327 g/mol. The standard InChI is InChI=1S/C14H11ClO5S/c1-21(18,19)10-5-2-4-9(8-10)20-12-7-3-6-11(15)13(12)14(16)17/h2-8H,1H3,(H,16,17). The van der Waals surface area contributed by atoms with Gasteiger partial charge in [0.1, 0.15) is 17.1 Å². The summed E-state index contributed by atoms with van der Waals surface area (Å²) in [7, 11) is -3.37. The van der Waals surface area contributed by atoms with Crippen molar-refractivity contribution in [3.63, 3.8) is 0 Å². The van der Waals surface area contributed by atoms with E-state index >= 15 is 0 Å². The average Bonchev–Trinajstić information content (AvgIpc) is 2.37. The Balaban J connectivity index is 2.44. The van der Waals surface area contributed by atoms with Gasteiger partial charge >= 0.3 is 5.97 Å². The molecule has 0 spiro atoms. The molecule has 2 rings (SSSR count). The van der Waals surface area contributed by atoms with E-state index in [1.807, 2.05) is 0 Å². The zero-order chi connectivity index (χ0) is 15.6. The third kappa shape index (κ3) is 3.53. The van der Waals surface area contributed by atoms with Crippen LogP contribution in [0.3, 0.4) is 0 Å². The lowest BCUT2D eigenvalue weighted by atomic mass is 10.2. The van der Waals surface area contributed by atoms with Crippen molar-refractivity contribution in [3.8, 4) is 11.5 Å². The summed E-state index contributed by atoms with van der Waals surface area (Å²) in [6.45, 7) is 0. The Morgan fingerprint density at radius 1 is 1.19 bits per heavy atom. The van der Waals surface area contributed by atoms with Crippen molar-refractivity contribution in [2.45, 2.75) is 4.90 Å². The first-order valence-electron chi connectivity index (χ1n) is 5.79. The van der Waals surface area contributed by atoms with Crippen LogP contribution in [0.2, 0.25) is 5.02 Å². The Labute approximate surface area is 126 Å². The number of halogens is 1. The van der Waals surface area contributed by atoms with Gasteiger partial charge in [-0.3, -0.25) is 0 Å². The molecule has 0 radical (unpaired) electrons. The van der Waals surface area contributed by atoms with E-state index in [1.54, 1.807) is 6.07 Å².